The fraction of sp³-hybridized carbons (Fsp3) is 0.786. The number of ketones is 1. The zero-order chi connectivity index (χ0) is 25.3. The fourth-order valence-electron chi connectivity index (χ4n) is 9.65. The molecular formula is C28H38N2O5S. The van der Waals surface area contributed by atoms with E-state index in [2.05, 4.69) is 25.3 Å². The van der Waals surface area contributed by atoms with Gasteiger partial charge in [-0.2, -0.15) is 0 Å². The number of hydrogen-bond acceptors (Lipinski definition) is 8. The number of fused-ring (bicyclic) bond motifs is 3. The molecule has 3 saturated carbocycles. The van der Waals surface area contributed by atoms with E-state index in [1.165, 1.54) is 24.1 Å². The van der Waals surface area contributed by atoms with Crippen LogP contribution >= 0.6 is 11.3 Å². The van der Waals surface area contributed by atoms with Crippen molar-refractivity contribution >= 4 is 22.3 Å². The lowest BCUT2D eigenvalue weighted by molar-refractivity contribution is -0.429. The van der Waals surface area contributed by atoms with Crippen molar-refractivity contribution in [2.45, 2.75) is 88.6 Å². The van der Waals surface area contributed by atoms with E-state index in [9.17, 15) is 20.1 Å². The van der Waals surface area contributed by atoms with Gasteiger partial charge in [0.15, 0.2) is 10.9 Å². The number of nitrogens with zero attached hydrogens (tertiary/aromatic N) is 2. The Morgan fingerprint density at radius 2 is 1.78 bits per heavy atom. The molecule has 196 valence electrons. The van der Waals surface area contributed by atoms with Crippen molar-refractivity contribution in [3.8, 4) is 0 Å². The number of rotatable bonds is 1. The monoisotopic (exact) mass is 514 g/mol. The topological polar surface area (TPSA) is 103 Å². The lowest BCUT2D eigenvalue weighted by atomic mass is 9.36. The predicted molar refractivity (Wildman–Crippen MR) is 136 cm³/mol. The van der Waals surface area contributed by atoms with Crippen LogP contribution in [0.1, 0.15) is 69.4 Å². The van der Waals surface area contributed by atoms with Crippen LogP contribution < -0.4 is 4.90 Å². The summed E-state index contributed by atoms with van der Waals surface area (Å²) in [5.41, 5.74) is -1.38. The molecule has 8 heteroatoms. The summed E-state index contributed by atoms with van der Waals surface area (Å²) in [6.45, 7) is 10.6. The second kappa shape index (κ2) is 7.41. The summed E-state index contributed by atoms with van der Waals surface area (Å²) >= 11 is 1.76. The lowest BCUT2D eigenvalue weighted by Gasteiger charge is -2.73. The van der Waals surface area contributed by atoms with Gasteiger partial charge < -0.3 is 25.0 Å². The number of aromatic nitrogens is 1. The molecule has 3 saturated heterocycles. The van der Waals surface area contributed by atoms with Crippen molar-refractivity contribution < 1.29 is 24.9 Å². The summed E-state index contributed by atoms with van der Waals surface area (Å²) in [6, 6.07) is 0. The van der Waals surface area contributed by atoms with E-state index in [0.29, 0.717) is 18.4 Å². The lowest BCUT2D eigenvalue weighted by Crippen LogP contribution is -2.85. The Bertz CT molecular complexity index is 1140. The summed E-state index contributed by atoms with van der Waals surface area (Å²) in [5, 5.41) is 36.6. The van der Waals surface area contributed by atoms with Crippen molar-refractivity contribution in [2.24, 2.45) is 28.6 Å². The molecule has 0 amide bonds. The number of anilines is 1. The molecule has 7 nitrogen and oxygen atoms in total. The van der Waals surface area contributed by atoms with Crippen molar-refractivity contribution in [2.75, 3.05) is 24.6 Å². The number of hydrogen-bond donors (Lipinski definition) is 3. The smallest absolute Gasteiger partial charge is 0.208 e. The standard InChI is InChI=1S/C28H38N2O5S/c1-15-16-9-10-18-26-14-35-28(34,27(18,21(15)31)22(16)32)23(33)19(26)25(2,3)13-17-20(26)29-24(36-17)30-11-7-5-4-6-8-12-30/h16,18-19,22-23,32-34H,1,4-14H2,2-3H3/t16-,18-,19+,22+,23-,26-,27-,28?/m0/s1. The number of aliphatic hydroxyl groups is 3. The molecule has 1 unspecified atom stereocenters. The molecule has 4 bridgehead atoms. The average Bonchev–Trinajstić information content (AvgIpc) is 3.25. The minimum absolute atomic E-state index is 0.203. The molecule has 7 aliphatic rings. The third-order valence-corrected chi connectivity index (χ3v) is 12.1. The highest BCUT2D eigenvalue weighted by Gasteiger charge is 2.86. The first-order chi connectivity index (χ1) is 17.1. The molecule has 2 spiro atoms. The molecular weight excluding hydrogens is 476 g/mol. The van der Waals surface area contributed by atoms with Crippen molar-refractivity contribution in [1.82, 2.24) is 4.98 Å². The van der Waals surface area contributed by atoms with Gasteiger partial charge in [-0.05, 0) is 49.0 Å². The Hall–Kier alpha value is -1.32. The Balaban J connectivity index is 1.44. The van der Waals surface area contributed by atoms with Crippen LogP contribution in [0.15, 0.2) is 12.2 Å². The van der Waals surface area contributed by atoms with Crippen LogP contribution in [0.4, 0.5) is 5.13 Å². The van der Waals surface area contributed by atoms with Crippen molar-refractivity contribution in [1.29, 1.82) is 0 Å². The number of Topliss-reactive ketones (excluding diaryl/α,β-unsaturated/α-hetero) is 1. The van der Waals surface area contributed by atoms with Crippen LogP contribution in [0, 0.1) is 28.6 Å². The molecule has 0 aromatic carbocycles. The molecule has 4 heterocycles. The Morgan fingerprint density at radius 3 is 2.50 bits per heavy atom. The van der Waals surface area contributed by atoms with Gasteiger partial charge in [0.2, 0.25) is 5.79 Å². The van der Waals surface area contributed by atoms with Gasteiger partial charge >= 0.3 is 0 Å². The van der Waals surface area contributed by atoms with E-state index in [4.69, 9.17) is 9.72 Å². The van der Waals surface area contributed by atoms with Gasteiger partial charge in [-0.25, -0.2) is 4.98 Å². The zero-order valence-corrected chi connectivity index (χ0v) is 22.1. The number of carbonyl (C=O) groups excluding carboxylic acids is 1. The van der Waals surface area contributed by atoms with Gasteiger partial charge in [-0.3, -0.25) is 4.79 Å². The Morgan fingerprint density at radius 1 is 1.08 bits per heavy atom. The van der Waals surface area contributed by atoms with E-state index in [-0.39, 0.29) is 29.6 Å². The summed E-state index contributed by atoms with van der Waals surface area (Å²) in [5.74, 6) is -3.55. The maximum Gasteiger partial charge on any atom is 0.208 e. The highest BCUT2D eigenvalue weighted by molar-refractivity contribution is 7.15. The molecule has 6 fully saturated rings. The number of ether oxygens (including phenoxy) is 1. The van der Waals surface area contributed by atoms with Gasteiger partial charge in [0.1, 0.15) is 11.5 Å². The summed E-state index contributed by atoms with van der Waals surface area (Å²) < 4.78 is 6.19. The third-order valence-electron chi connectivity index (χ3n) is 11.0. The summed E-state index contributed by atoms with van der Waals surface area (Å²) in [6.07, 6.45) is 5.78. The Kier molecular flexibility index (Phi) is 4.89. The van der Waals surface area contributed by atoms with Crippen molar-refractivity contribution in [3.05, 3.63) is 22.7 Å². The maximum atomic E-state index is 13.9. The van der Waals surface area contributed by atoms with Crippen LogP contribution in [0.25, 0.3) is 0 Å². The maximum absolute atomic E-state index is 13.9. The van der Waals surface area contributed by atoms with E-state index >= 15 is 0 Å². The fourth-order valence-corrected chi connectivity index (χ4v) is 11.1. The van der Waals surface area contributed by atoms with Crippen LogP contribution in [0.3, 0.4) is 0 Å². The van der Waals surface area contributed by atoms with Gasteiger partial charge in [0.25, 0.3) is 0 Å². The zero-order valence-electron chi connectivity index (χ0n) is 21.3. The highest BCUT2D eigenvalue weighted by Crippen LogP contribution is 2.75. The Labute approximate surface area is 216 Å². The van der Waals surface area contributed by atoms with Crippen LogP contribution in [-0.4, -0.2) is 63.8 Å². The molecule has 3 aliphatic heterocycles. The second-order valence-corrected chi connectivity index (χ2v) is 14.1. The van der Waals surface area contributed by atoms with E-state index in [1.54, 1.807) is 11.3 Å². The quantitative estimate of drug-likeness (QED) is 0.495. The van der Waals surface area contributed by atoms with E-state index in [1.807, 2.05) is 0 Å². The van der Waals surface area contributed by atoms with Gasteiger partial charge in [0, 0.05) is 35.2 Å². The molecule has 0 radical (unpaired) electrons. The molecule has 3 N–H and O–H groups in total. The molecule has 4 aliphatic carbocycles. The largest absolute Gasteiger partial charge is 0.391 e. The molecule has 8 atom stereocenters. The second-order valence-electron chi connectivity index (χ2n) is 13.0. The minimum Gasteiger partial charge on any atom is -0.391 e. The number of carbonyl (C=O) groups is 1. The highest BCUT2D eigenvalue weighted by atomic mass is 32.1. The van der Waals surface area contributed by atoms with Crippen LogP contribution in [0.5, 0.6) is 0 Å². The molecule has 1 aromatic heterocycles. The number of aliphatic hydroxyl groups excluding tert-OH is 2. The number of thiazole rings is 1. The predicted octanol–water partition coefficient (Wildman–Crippen LogP) is 2.96. The van der Waals surface area contributed by atoms with Gasteiger partial charge in [-0.1, -0.05) is 39.7 Å². The van der Waals surface area contributed by atoms with Gasteiger partial charge in [0.05, 0.1) is 18.4 Å². The minimum atomic E-state index is -2.13. The SMILES string of the molecule is C=C1C(=O)[C@]23[C@H](O)[C@H]1CC[C@H]2[C@@]12COC3(O)[C@@H](O)[C@@H]1C(C)(C)Cc1sc(N3CCCCCCC3)nc12. The normalized spacial score (nSPS) is 47.1. The van der Waals surface area contributed by atoms with Gasteiger partial charge in [-0.15, -0.1) is 11.3 Å². The summed E-state index contributed by atoms with van der Waals surface area (Å²) in [7, 11) is 0. The average molecular weight is 515 g/mol. The summed E-state index contributed by atoms with van der Waals surface area (Å²) in [4.78, 5) is 22.9. The third kappa shape index (κ3) is 2.49. The van der Waals surface area contributed by atoms with Crippen LogP contribution in [-0.2, 0) is 21.4 Å². The molecule has 1 aromatic rings. The molecule has 36 heavy (non-hydrogen) atoms. The van der Waals surface area contributed by atoms with Crippen molar-refractivity contribution in [3.63, 3.8) is 0 Å². The van der Waals surface area contributed by atoms with E-state index < -0.39 is 34.7 Å². The first kappa shape index (κ1) is 23.8. The molecule has 8 rings (SSSR count). The first-order valence-corrected chi connectivity index (χ1v) is 14.6. The van der Waals surface area contributed by atoms with Crippen LogP contribution in [0.2, 0.25) is 0 Å². The first-order valence-electron chi connectivity index (χ1n) is 13.8. The van der Waals surface area contributed by atoms with E-state index in [0.717, 1.165) is 43.2 Å².